The Morgan fingerprint density at radius 2 is 1.05 bits per heavy atom. The summed E-state index contributed by atoms with van der Waals surface area (Å²) in [7, 11) is 0. The fraction of sp³-hybridized carbons (Fsp3) is 0.161. The lowest BCUT2D eigenvalue weighted by atomic mass is 9.61. The molecule has 0 fully saturated rings. The Morgan fingerprint density at radius 1 is 0.439 bits per heavy atom. The fourth-order valence-electron chi connectivity index (χ4n) is 12.7. The first-order valence-corrected chi connectivity index (χ1v) is 23.6. The van der Waals surface area contributed by atoms with Crippen molar-refractivity contribution in [2.45, 2.75) is 57.4 Å². The van der Waals surface area contributed by atoms with Crippen molar-refractivity contribution < 1.29 is 0 Å². The molecule has 0 spiro atoms. The van der Waals surface area contributed by atoms with Gasteiger partial charge in [0.15, 0.2) is 5.82 Å². The predicted molar refractivity (Wildman–Crippen MR) is 273 cm³/mol. The highest BCUT2D eigenvalue weighted by Gasteiger charge is 2.47. The second kappa shape index (κ2) is 13.5. The lowest BCUT2D eigenvalue weighted by molar-refractivity contribution is 0.194. The van der Waals surface area contributed by atoms with Crippen molar-refractivity contribution in [1.82, 2.24) is 19.1 Å². The summed E-state index contributed by atoms with van der Waals surface area (Å²) in [4.78, 5) is 10.3. The van der Waals surface area contributed by atoms with Gasteiger partial charge >= 0.3 is 0 Å². The van der Waals surface area contributed by atoms with Crippen LogP contribution in [0.1, 0.15) is 61.6 Å². The first kappa shape index (κ1) is 37.8. The highest BCUT2D eigenvalue weighted by atomic mass is 15.1. The van der Waals surface area contributed by atoms with E-state index in [9.17, 15) is 0 Å². The minimum absolute atomic E-state index is 0.0223. The topological polar surface area (TPSA) is 35.6 Å². The Balaban J connectivity index is 0.893. The van der Waals surface area contributed by atoms with Crippen LogP contribution < -0.4 is 0 Å². The maximum atomic E-state index is 5.17. The average molecular weight is 849 g/mol. The molecule has 4 heteroatoms. The number of fused-ring (bicyclic) bond motifs is 11. The Labute approximate surface area is 384 Å². The van der Waals surface area contributed by atoms with Crippen molar-refractivity contribution in [1.29, 1.82) is 0 Å². The van der Waals surface area contributed by atoms with E-state index in [1.54, 1.807) is 0 Å². The van der Waals surface area contributed by atoms with Crippen LogP contribution in [-0.2, 0) is 23.7 Å². The van der Waals surface area contributed by atoms with Gasteiger partial charge in [0.25, 0.3) is 0 Å². The molecule has 0 amide bonds. The summed E-state index contributed by atoms with van der Waals surface area (Å²) < 4.78 is 5.34. The molecule has 2 unspecified atom stereocenters. The molecule has 0 bridgehead atoms. The standard InChI is InChI=1S/C62H48N4/c1-61(2)48-25-14-23-45-44-22-11-12-27-54(44)65(58(45)48)56-34-42-33-51-57(35-43(42)32-50(56)61)66-55-29-28-40(31-47(55)46-24-15-26-49(59(46)66)62(51,3)4)39-20-13-21-41(30-39)60-63-52(37-16-7-5-8-17-37)36-53(64-60)38-18-9-6-10-19-38/h5-32,34,36,51,57H,33,35H2,1-4H3. The molecule has 66 heavy (non-hydrogen) atoms. The third-order valence-corrected chi connectivity index (χ3v) is 16.0. The van der Waals surface area contributed by atoms with E-state index in [-0.39, 0.29) is 10.8 Å². The molecule has 14 rings (SSSR count). The molecule has 0 radical (unpaired) electrons. The van der Waals surface area contributed by atoms with Crippen LogP contribution in [0.2, 0.25) is 0 Å². The molecule has 5 heterocycles. The van der Waals surface area contributed by atoms with Gasteiger partial charge in [0.2, 0.25) is 0 Å². The number of para-hydroxylation sites is 3. The number of hydrogen-bond acceptors (Lipinski definition) is 2. The number of hydrogen-bond donors (Lipinski definition) is 0. The van der Waals surface area contributed by atoms with Crippen molar-refractivity contribution in [2.24, 2.45) is 5.92 Å². The normalized spacial score (nSPS) is 17.5. The molecule has 0 saturated heterocycles. The zero-order chi connectivity index (χ0) is 44.1. The summed E-state index contributed by atoms with van der Waals surface area (Å²) in [6.45, 7) is 9.91. The van der Waals surface area contributed by atoms with Gasteiger partial charge in [-0.2, -0.15) is 0 Å². The molecular weight excluding hydrogens is 801 g/mol. The minimum Gasteiger partial charge on any atom is -0.336 e. The van der Waals surface area contributed by atoms with E-state index < -0.39 is 0 Å². The molecule has 2 atom stereocenters. The van der Waals surface area contributed by atoms with Crippen molar-refractivity contribution in [2.75, 3.05) is 0 Å². The van der Waals surface area contributed by atoms with Crippen LogP contribution in [0.5, 0.6) is 0 Å². The molecule has 316 valence electrons. The molecular formula is C62H48N4. The van der Waals surface area contributed by atoms with Crippen LogP contribution in [0.25, 0.3) is 94.3 Å². The van der Waals surface area contributed by atoms with Crippen LogP contribution in [0.15, 0.2) is 182 Å². The number of aromatic nitrogens is 4. The summed E-state index contributed by atoms with van der Waals surface area (Å²) in [6.07, 6.45) is 2.06. The smallest absolute Gasteiger partial charge is 0.160 e. The van der Waals surface area contributed by atoms with Crippen molar-refractivity contribution in [3.63, 3.8) is 0 Å². The first-order valence-electron chi connectivity index (χ1n) is 23.6. The van der Waals surface area contributed by atoms with Crippen molar-refractivity contribution >= 4 is 43.6 Å². The Hall–Kier alpha value is -7.56. The van der Waals surface area contributed by atoms with Gasteiger partial charge < -0.3 is 9.13 Å². The Morgan fingerprint density at radius 3 is 1.80 bits per heavy atom. The average Bonchev–Trinajstić information content (AvgIpc) is 3.88. The summed E-state index contributed by atoms with van der Waals surface area (Å²) in [5.41, 5.74) is 21.2. The third-order valence-electron chi connectivity index (χ3n) is 16.0. The lowest BCUT2D eigenvalue weighted by Crippen LogP contribution is -2.44. The van der Waals surface area contributed by atoms with Gasteiger partial charge in [-0.05, 0) is 99.5 Å². The van der Waals surface area contributed by atoms with E-state index in [0.717, 1.165) is 52.3 Å². The summed E-state index contributed by atoms with van der Waals surface area (Å²) in [5.74, 6) is 1.16. The van der Waals surface area contributed by atoms with Gasteiger partial charge in [-0.3, -0.25) is 0 Å². The lowest BCUT2D eigenvalue weighted by Gasteiger charge is -2.49. The van der Waals surface area contributed by atoms with E-state index in [1.807, 2.05) is 12.1 Å². The van der Waals surface area contributed by atoms with Crippen LogP contribution >= 0.6 is 0 Å². The summed E-state index contributed by atoms with van der Waals surface area (Å²) >= 11 is 0. The van der Waals surface area contributed by atoms with Gasteiger partial charge in [0, 0.05) is 55.2 Å². The molecule has 2 aliphatic heterocycles. The molecule has 3 aliphatic rings. The third kappa shape index (κ3) is 5.21. The Bertz CT molecular complexity index is 3770. The van der Waals surface area contributed by atoms with E-state index in [2.05, 4.69) is 207 Å². The van der Waals surface area contributed by atoms with Gasteiger partial charge in [-0.25, -0.2) is 9.97 Å². The molecule has 3 aromatic heterocycles. The minimum atomic E-state index is -0.133. The van der Waals surface area contributed by atoms with Gasteiger partial charge in [-0.15, -0.1) is 0 Å². The largest absolute Gasteiger partial charge is 0.336 e. The van der Waals surface area contributed by atoms with Gasteiger partial charge in [0.05, 0.1) is 33.6 Å². The van der Waals surface area contributed by atoms with Crippen LogP contribution in [-0.4, -0.2) is 19.1 Å². The molecule has 11 aromatic rings. The van der Waals surface area contributed by atoms with E-state index in [0.29, 0.717) is 12.0 Å². The number of rotatable bonds is 4. The zero-order valence-electron chi connectivity index (χ0n) is 37.7. The molecule has 8 aromatic carbocycles. The van der Waals surface area contributed by atoms with E-state index >= 15 is 0 Å². The maximum Gasteiger partial charge on any atom is 0.160 e. The number of nitrogens with zero attached hydrogens (tertiary/aromatic N) is 4. The molecule has 4 nitrogen and oxygen atoms in total. The van der Waals surface area contributed by atoms with Gasteiger partial charge in [-0.1, -0.05) is 173 Å². The van der Waals surface area contributed by atoms with Crippen LogP contribution in [0.4, 0.5) is 0 Å². The van der Waals surface area contributed by atoms with E-state index in [4.69, 9.17) is 9.97 Å². The SMILES string of the molecule is CC1(C)c2cc3c(cc2-n2c4ccccc4c4cccc1c42)CC1C(C3)n2c3ccc(-c4cccc(-c5nc(-c6ccccc6)cc(-c6ccccc6)n5)c4)cc3c3cccc(c32)C1(C)C. The van der Waals surface area contributed by atoms with Gasteiger partial charge in [0.1, 0.15) is 0 Å². The second-order valence-electron chi connectivity index (χ2n) is 20.2. The zero-order valence-corrected chi connectivity index (χ0v) is 37.7. The number of benzene rings is 8. The Kier molecular flexibility index (Phi) is 7.72. The summed E-state index contributed by atoms with van der Waals surface area (Å²) in [6, 6.07) is 67.5. The highest BCUT2D eigenvalue weighted by molar-refractivity contribution is 6.12. The van der Waals surface area contributed by atoms with Crippen LogP contribution in [0.3, 0.4) is 0 Å². The summed E-state index contributed by atoms with van der Waals surface area (Å²) in [5, 5.41) is 5.34. The highest BCUT2D eigenvalue weighted by Crippen LogP contribution is 2.56. The van der Waals surface area contributed by atoms with Crippen LogP contribution in [0, 0.1) is 5.92 Å². The van der Waals surface area contributed by atoms with Crippen molar-refractivity contribution in [3.8, 4) is 50.7 Å². The first-order chi connectivity index (χ1) is 32.2. The van der Waals surface area contributed by atoms with Crippen molar-refractivity contribution in [3.05, 3.63) is 210 Å². The van der Waals surface area contributed by atoms with E-state index in [1.165, 1.54) is 82.7 Å². The quantitative estimate of drug-likeness (QED) is 0.177. The molecule has 0 N–H and O–H groups in total. The monoisotopic (exact) mass is 848 g/mol. The maximum absolute atomic E-state index is 5.17. The molecule has 0 saturated carbocycles. The molecule has 1 aliphatic carbocycles. The second-order valence-corrected chi connectivity index (χ2v) is 20.2. The predicted octanol–water partition coefficient (Wildman–Crippen LogP) is 15.2. The fourth-order valence-corrected chi connectivity index (χ4v) is 12.7.